The highest BCUT2D eigenvalue weighted by atomic mass is 16.5. The maximum atomic E-state index is 13.1. The summed E-state index contributed by atoms with van der Waals surface area (Å²) in [5, 5.41) is 10.4. The molecule has 3 aromatic heterocycles. The number of aromatic nitrogens is 4. The lowest BCUT2D eigenvalue weighted by atomic mass is 10.1. The van der Waals surface area contributed by atoms with Crippen LogP contribution in [-0.2, 0) is 17.8 Å². The molecule has 2 aromatic carbocycles. The highest BCUT2D eigenvalue weighted by Gasteiger charge is 2.19. The molecule has 12 heteroatoms. The first kappa shape index (κ1) is 33.0. The predicted molar refractivity (Wildman–Crippen MR) is 194 cm³/mol. The van der Waals surface area contributed by atoms with Crippen molar-refractivity contribution in [3.05, 3.63) is 90.4 Å². The second-order valence-corrected chi connectivity index (χ2v) is 12.9. The maximum Gasteiger partial charge on any atom is 0.321 e. The molecule has 2 aliphatic rings. The number of aromatic amines is 1. The van der Waals surface area contributed by atoms with Gasteiger partial charge in [-0.15, -0.1) is 0 Å². The molecular weight excluding hydrogens is 630 g/mol. The summed E-state index contributed by atoms with van der Waals surface area (Å²) in [6.45, 7) is 5.51. The van der Waals surface area contributed by atoms with Gasteiger partial charge in [0.2, 0.25) is 11.9 Å². The predicted octanol–water partition coefficient (Wildman–Crippen LogP) is 6.11. The number of amides is 3. The van der Waals surface area contributed by atoms with E-state index in [-0.39, 0.29) is 18.4 Å². The number of carbonyl (C=O) groups excluding carboxylic acids is 2. The Morgan fingerprint density at radius 3 is 2.54 bits per heavy atom. The third-order valence-corrected chi connectivity index (χ3v) is 9.11. The zero-order valence-electron chi connectivity index (χ0n) is 28.2. The number of piperidine rings is 1. The van der Waals surface area contributed by atoms with Crippen molar-refractivity contribution in [2.24, 2.45) is 0 Å². The van der Waals surface area contributed by atoms with Gasteiger partial charge in [0.25, 0.3) is 0 Å². The molecule has 2 fully saturated rings. The van der Waals surface area contributed by atoms with Gasteiger partial charge in [-0.25, -0.2) is 9.78 Å². The number of H-pyrrole nitrogens is 1. The Labute approximate surface area is 291 Å². The van der Waals surface area contributed by atoms with Crippen LogP contribution in [0.1, 0.15) is 43.2 Å². The topological polar surface area (TPSA) is 140 Å². The lowest BCUT2D eigenvalue weighted by Crippen LogP contribution is -2.38. The average Bonchev–Trinajstić information content (AvgIpc) is 3.85. The summed E-state index contributed by atoms with van der Waals surface area (Å²) in [5.41, 5.74) is 5.28. The molecule has 258 valence electrons. The van der Waals surface area contributed by atoms with Gasteiger partial charge in [-0.3, -0.25) is 9.78 Å². The normalized spacial score (nSPS) is 14.8. The van der Waals surface area contributed by atoms with Crippen molar-refractivity contribution in [1.82, 2.24) is 35.1 Å². The first-order valence-electron chi connectivity index (χ1n) is 17.5. The molecule has 2 saturated heterocycles. The van der Waals surface area contributed by atoms with Crippen molar-refractivity contribution < 1.29 is 14.3 Å². The van der Waals surface area contributed by atoms with Crippen LogP contribution in [0.3, 0.4) is 0 Å². The first-order chi connectivity index (χ1) is 24.6. The van der Waals surface area contributed by atoms with Crippen LogP contribution < -0.4 is 20.7 Å². The number of pyridine rings is 1. The molecule has 7 rings (SSSR count). The Kier molecular flexibility index (Phi) is 10.4. The molecular formula is C38H43N9O3. The van der Waals surface area contributed by atoms with Crippen LogP contribution in [-0.4, -0.2) is 80.9 Å². The van der Waals surface area contributed by atoms with E-state index >= 15 is 0 Å². The summed E-state index contributed by atoms with van der Waals surface area (Å²) in [6.07, 6.45) is 11.3. The quantitative estimate of drug-likeness (QED) is 0.124. The Morgan fingerprint density at radius 1 is 0.860 bits per heavy atom. The smallest absolute Gasteiger partial charge is 0.321 e. The number of hydrogen-bond donors (Lipinski definition) is 4. The molecule has 12 nitrogen and oxygen atoms in total. The lowest BCUT2D eigenvalue weighted by Gasteiger charge is -2.26. The molecule has 5 heterocycles. The van der Waals surface area contributed by atoms with E-state index in [0.29, 0.717) is 41.9 Å². The van der Waals surface area contributed by atoms with Gasteiger partial charge in [0, 0.05) is 72.7 Å². The van der Waals surface area contributed by atoms with Gasteiger partial charge in [0.15, 0.2) is 0 Å². The molecule has 50 heavy (non-hydrogen) atoms. The van der Waals surface area contributed by atoms with Crippen molar-refractivity contribution in [3.8, 4) is 17.0 Å². The molecule has 5 aromatic rings. The number of urea groups is 1. The monoisotopic (exact) mass is 673 g/mol. The largest absolute Gasteiger partial charge is 0.489 e. The number of benzene rings is 2. The maximum absolute atomic E-state index is 13.1. The molecule has 0 spiro atoms. The minimum atomic E-state index is -0.145. The van der Waals surface area contributed by atoms with Gasteiger partial charge in [0.05, 0.1) is 12.1 Å². The molecule has 0 bridgehead atoms. The summed E-state index contributed by atoms with van der Waals surface area (Å²) >= 11 is 0. The van der Waals surface area contributed by atoms with E-state index in [1.54, 1.807) is 12.4 Å². The highest BCUT2D eigenvalue weighted by molar-refractivity contribution is 5.93. The Hall–Kier alpha value is -5.49. The number of anilines is 3. The van der Waals surface area contributed by atoms with Crippen LogP contribution in [0.25, 0.3) is 22.3 Å². The third kappa shape index (κ3) is 8.56. The van der Waals surface area contributed by atoms with E-state index in [4.69, 9.17) is 14.7 Å². The van der Waals surface area contributed by atoms with Crippen LogP contribution in [0.2, 0.25) is 0 Å². The van der Waals surface area contributed by atoms with E-state index in [2.05, 4.69) is 30.8 Å². The Balaban J connectivity index is 1.11. The van der Waals surface area contributed by atoms with Crippen LogP contribution in [0, 0.1) is 0 Å². The number of ether oxygens (including phenoxy) is 1. The number of nitrogens with one attached hydrogen (secondary N) is 4. The first-order valence-corrected chi connectivity index (χ1v) is 17.5. The highest BCUT2D eigenvalue weighted by Crippen LogP contribution is 2.31. The second kappa shape index (κ2) is 15.8. The molecule has 2 aliphatic heterocycles. The number of rotatable bonds is 12. The Morgan fingerprint density at radius 2 is 1.70 bits per heavy atom. The Bertz CT molecular complexity index is 1920. The van der Waals surface area contributed by atoms with E-state index in [1.165, 1.54) is 19.3 Å². The zero-order chi connectivity index (χ0) is 34.1. The van der Waals surface area contributed by atoms with Gasteiger partial charge in [-0.05, 0) is 86.8 Å². The van der Waals surface area contributed by atoms with Gasteiger partial charge in [-0.2, -0.15) is 4.98 Å². The van der Waals surface area contributed by atoms with Gasteiger partial charge >= 0.3 is 6.03 Å². The van der Waals surface area contributed by atoms with Gasteiger partial charge < -0.3 is 35.5 Å². The van der Waals surface area contributed by atoms with E-state index in [9.17, 15) is 9.59 Å². The van der Waals surface area contributed by atoms with Crippen molar-refractivity contribution in [2.75, 3.05) is 49.9 Å². The summed E-state index contributed by atoms with van der Waals surface area (Å²) in [5.74, 6) is 1.02. The fourth-order valence-electron chi connectivity index (χ4n) is 6.58. The summed E-state index contributed by atoms with van der Waals surface area (Å²) < 4.78 is 6.08. The molecule has 0 saturated carbocycles. The van der Waals surface area contributed by atoms with Crippen molar-refractivity contribution in [3.63, 3.8) is 0 Å². The number of fused-ring (bicyclic) bond motifs is 1. The molecule has 0 aliphatic carbocycles. The fourth-order valence-corrected chi connectivity index (χ4v) is 6.58. The van der Waals surface area contributed by atoms with Crippen molar-refractivity contribution in [2.45, 2.75) is 45.1 Å². The minimum Gasteiger partial charge on any atom is -0.489 e. The summed E-state index contributed by atoms with van der Waals surface area (Å²) in [6, 6.07) is 19.1. The van der Waals surface area contributed by atoms with Crippen LogP contribution in [0.15, 0.2) is 79.3 Å². The number of carbonyl (C=O) groups is 2. The molecule has 0 atom stereocenters. The molecule has 0 unspecified atom stereocenters. The standard InChI is InChI=1S/C38H43N9O3/c48-34(40-14-19-46-15-2-1-3-16-46)22-28-20-30(24-31(21-28)43-38(49)47-17-4-5-18-47)42-37-44-35(33-11-13-41-36(33)45-37)29-9-6-10-32(23-29)50-26-27-8-7-12-39-25-27/h6-13,20-21,23-25H,1-5,14-19,22,26H2,(H,40,48)(H,43,49)(H2,41,42,44,45). The van der Waals surface area contributed by atoms with E-state index in [0.717, 1.165) is 73.3 Å². The summed E-state index contributed by atoms with van der Waals surface area (Å²) in [7, 11) is 0. The van der Waals surface area contributed by atoms with Crippen LogP contribution >= 0.6 is 0 Å². The number of likely N-dealkylation sites (tertiary alicyclic amines) is 2. The minimum absolute atomic E-state index is 0.0621. The average molecular weight is 674 g/mol. The van der Waals surface area contributed by atoms with Gasteiger partial charge in [-0.1, -0.05) is 24.6 Å². The molecule has 4 N–H and O–H groups in total. The number of nitrogens with zero attached hydrogens (tertiary/aromatic N) is 5. The fraction of sp³-hybridized carbons (Fsp3) is 0.342. The second-order valence-electron chi connectivity index (χ2n) is 12.9. The van der Waals surface area contributed by atoms with E-state index < -0.39 is 0 Å². The zero-order valence-corrected chi connectivity index (χ0v) is 28.2. The molecule has 3 amide bonds. The van der Waals surface area contributed by atoms with Crippen molar-refractivity contribution >= 4 is 40.3 Å². The van der Waals surface area contributed by atoms with Crippen LogP contribution in [0.5, 0.6) is 5.75 Å². The number of hydrogen-bond acceptors (Lipinski definition) is 8. The third-order valence-electron chi connectivity index (χ3n) is 9.11. The van der Waals surface area contributed by atoms with Crippen LogP contribution in [0.4, 0.5) is 22.1 Å². The SMILES string of the molecule is O=C(Cc1cc(NC(=O)N2CCCC2)cc(Nc2nc(-c3cccc(OCc4cccnc4)c3)c3cc[nH]c3n2)c1)NCCN1CCCCC1. The molecule has 0 radical (unpaired) electrons. The lowest BCUT2D eigenvalue weighted by molar-refractivity contribution is -0.120. The summed E-state index contributed by atoms with van der Waals surface area (Å²) in [4.78, 5) is 47.4. The van der Waals surface area contributed by atoms with E-state index in [1.807, 2.05) is 71.8 Å². The van der Waals surface area contributed by atoms with Crippen molar-refractivity contribution in [1.29, 1.82) is 0 Å². The van der Waals surface area contributed by atoms with Gasteiger partial charge in [0.1, 0.15) is 18.0 Å².